The van der Waals surface area contributed by atoms with Crippen LogP contribution in [0.1, 0.15) is 40.1 Å². The molecule has 0 unspecified atom stereocenters. The second-order valence-electron chi connectivity index (χ2n) is 7.54. The van der Waals surface area contributed by atoms with Crippen molar-refractivity contribution in [3.05, 3.63) is 46.6 Å². The van der Waals surface area contributed by atoms with Gasteiger partial charge in [0.1, 0.15) is 11.2 Å². The molecule has 1 aromatic carbocycles. The van der Waals surface area contributed by atoms with Crippen LogP contribution in [0.5, 0.6) is 5.88 Å². The molecule has 1 aliphatic carbocycles. The van der Waals surface area contributed by atoms with Gasteiger partial charge in [-0.15, -0.1) is 11.3 Å². The predicted octanol–water partition coefficient (Wildman–Crippen LogP) is 3.68. The van der Waals surface area contributed by atoms with Crippen LogP contribution in [-0.2, 0) is 17.6 Å². The molecule has 0 saturated heterocycles. The molecule has 0 bridgehead atoms. The average Bonchev–Trinajstić information content (AvgIpc) is 2.94. The standard InChI is InChI=1S/C22H24N4O3S/c1-26(2)22(28)14-8-10-15(11-9-14)25-18(27)12-29-20-19-16-6-4-3-5-7-17(16)30-21(19)24-13-23-20/h8-11,13H,3-7,12H2,1-2H3,(H,25,27). The van der Waals surface area contributed by atoms with Crippen LogP contribution in [0, 0.1) is 0 Å². The number of hydrogen-bond donors (Lipinski definition) is 1. The monoisotopic (exact) mass is 424 g/mol. The van der Waals surface area contributed by atoms with E-state index in [0.717, 1.165) is 29.5 Å². The number of thiophene rings is 1. The highest BCUT2D eigenvalue weighted by molar-refractivity contribution is 7.18. The van der Waals surface area contributed by atoms with E-state index in [1.54, 1.807) is 49.7 Å². The zero-order chi connectivity index (χ0) is 21.1. The summed E-state index contributed by atoms with van der Waals surface area (Å²) in [6.45, 7) is -0.144. The summed E-state index contributed by atoms with van der Waals surface area (Å²) in [6, 6.07) is 6.79. The quantitative estimate of drug-likeness (QED) is 0.632. The van der Waals surface area contributed by atoms with Gasteiger partial charge < -0.3 is 15.0 Å². The molecule has 3 aromatic rings. The number of ether oxygens (including phenoxy) is 1. The Hall–Kier alpha value is -3.00. The van der Waals surface area contributed by atoms with Gasteiger partial charge in [-0.2, -0.15) is 0 Å². The maximum absolute atomic E-state index is 12.4. The van der Waals surface area contributed by atoms with Gasteiger partial charge in [-0.3, -0.25) is 9.59 Å². The Bertz CT molecular complexity index is 1080. The van der Waals surface area contributed by atoms with E-state index in [4.69, 9.17) is 4.74 Å². The van der Waals surface area contributed by atoms with E-state index in [2.05, 4.69) is 15.3 Å². The third kappa shape index (κ3) is 4.28. The number of benzene rings is 1. The van der Waals surface area contributed by atoms with Gasteiger partial charge in [0.05, 0.1) is 5.39 Å². The number of carbonyl (C=O) groups is 2. The van der Waals surface area contributed by atoms with Crippen LogP contribution in [0.25, 0.3) is 10.2 Å². The number of fused-ring (bicyclic) bond motifs is 3. The minimum atomic E-state index is -0.283. The summed E-state index contributed by atoms with van der Waals surface area (Å²) in [7, 11) is 3.40. The zero-order valence-corrected chi connectivity index (χ0v) is 17.9. The third-order valence-electron chi connectivity index (χ3n) is 5.13. The molecule has 0 atom stereocenters. The van der Waals surface area contributed by atoms with Gasteiger partial charge in [-0.05, 0) is 55.5 Å². The summed E-state index contributed by atoms with van der Waals surface area (Å²) in [6.07, 6.45) is 7.15. The minimum absolute atomic E-state index is 0.0844. The number of rotatable bonds is 5. The first-order chi connectivity index (χ1) is 14.5. The van der Waals surface area contributed by atoms with Crippen molar-refractivity contribution in [2.75, 3.05) is 26.0 Å². The van der Waals surface area contributed by atoms with Crippen molar-refractivity contribution in [3.63, 3.8) is 0 Å². The van der Waals surface area contributed by atoms with Crippen molar-refractivity contribution >= 4 is 39.1 Å². The first-order valence-electron chi connectivity index (χ1n) is 10.0. The molecule has 4 rings (SSSR count). The van der Waals surface area contributed by atoms with Crippen LogP contribution >= 0.6 is 11.3 Å². The summed E-state index contributed by atoms with van der Waals surface area (Å²) in [5, 5.41) is 3.75. The summed E-state index contributed by atoms with van der Waals surface area (Å²) >= 11 is 1.71. The molecule has 2 heterocycles. The number of amides is 2. The van der Waals surface area contributed by atoms with E-state index in [0.29, 0.717) is 17.1 Å². The van der Waals surface area contributed by atoms with Crippen LogP contribution in [0.4, 0.5) is 5.69 Å². The van der Waals surface area contributed by atoms with E-state index in [1.165, 1.54) is 34.5 Å². The maximum atomic E-state index is 12.4. The van der Waals surface area contributed by atoms with Gasteiger partial charge in [0.15, 0.2) is 6.61 Å². The van der Waals surface area contributed by atoms with Gasteiger partial charge >= 0.3 is 0 Å². The van der Waals surface area contributed by atoms with E-state index < -0.39 is 0 Å². The molecule has 30 heavy (non-hydrogen) atoms. The van der Waals surface area contributed by atoms with E-state index >= 15 is 0 Å². The topological polar surface area (TPSA) is 84.4 Å². The molecule has 1 N–H and O–H groups in total. The molecule has 2 amide bonds. The Labute approximate surface area is 179 Å². The molecule has 2 aromatic heterocycles. The van der Waals surface area contributed by atoms with Crippen molar-refractivity contribution in [3.8, 4) is 5.88 Å². The normalized spacial score (nSPS) is 13.4. The number of carbonyl (C=O) groups excluding carboxylic acids is 2. The molecule has 0 aliphatic heterocycles. The van der Waals surface area contributed by atoms with Gasteiger partial charge in [0, 0.05) is 30.2 Å². The number of nitrogens with one attached hydrogen (secondary N) is 1. The largest absolute Gasteiger partial charge is 0.467 e. The fourth-order valence-electron chi connectivity index (χ4n) is 3.63. The predicted molar refractivity (Wildman–Crippen MR) is 117 cm³/mol. The lowest BCUT2D eigenvalue weighted by Crippen LogP contribution is -2.22. The summed E-state index contributed by atoms with van der Waals surface area (Å²) in [5.41, 5.74) is 2.46. The molecule has 1 aliphatic rings. The SMILES string of the molecule is CN(C)C(=O)c1ccc(NC(=O)COc2ncnc3sc4c(c23)CCCCC4)cc1. The lowest BCUT2D eigenvalue weighted by molar-refractivity contribution is -0.118. The first-order valence-corrected chi connectivity index (χ1v) is 10.8. The van der Waals surface area contributed by atoms with E-state index in [-0.39, 0.29) is 18.4 Å². The van der Waals surface area contributed by atoms with Crippen LogP contribution in [-0.4, -0.2) is 47.4 Å². The fraction of sp³-hybridized carbons (Fsp3) is 0.364. The van der Waals surface area contributed by atoms with Gasteiger partial charge in [0.25, 0.3) is 11.8 Å². The van der Waals surface area contributed by atoms with Crippen LogP contribution in [0.15, 0.2) is 30.6 Å². The van der Waals surface area contributed by atoms with E-state index in [9.17, 15) is 9.59 Å². The first kappa shape index (κ1) is 20.3. The molecule has 7 nitrogen and oxygen atoms in total. The van der Waals surface area contributed by atoms with Crippen LogP contribution < -0.4 is 10.1 Å². The van der Waals surface area contributed by atoms with E-state index in [1.807, 2.05) is 0 Å². The third-order valence-corrected chi connectivity index (χ3v) is 6.33. The number of aryl methyl sites for hydroxylation is 2. The van der Waals surface area contributed by atoms with Gasteiger partial charge in [0.2, 0.25) is 5.88 Å². The molecular formula is C22H24N4O3S. The second-order valence-corrected chi connectivity index (χ2v) is 8.62. The van der Waals surface area contributed by atoms with Crippen molar-refractivity contribution in [1.29, 1.82) is 0 Å². The lowest BCUT2D eigenvalue weighted by atomic mass is 10.1. The Morgan fingerprint density at radius 2 is 1.87 bits per heavy atom. The molecule has 156 valence electrons. The number of aromatic nitrogens is 2. The summed E-state index contributed by atoms with van der Waals surface area (Å²) < 4.78 is 5.79. The van der Waals surface area contributed by atoms with Crippen molar-refractivity contribution in [2.24, 2.45) is 0 Å². The van der Waals surface area contributed by atoms with Crippen LogP contribution in [0.3, 0.4) is 0 Å². The smallest absolute Gasteiger partial charge is 0.262 e. The fourth-order valence-corrected chi connectivity index (χ4v) is 4.85. The Morgan fingerprint density at radius 3 is 2.63 bits per heavy atom. The minimum Gasteiger partial charge on any atom is -0.467 e. The second kappa shape index (κ2) is 8.79. The van der Waals surface area contributed by atoms with Crippen LogP contribution in [0.2, 0.25) is 0 Å². The molecule has 0 radical (unpaired) electrons. The Balaban J connectivity index is 1.43. The molecular weight excluding hydrogens is 400 g/mol. The summed E-state index contributed by atoms with van der Waals surface area (Å²) in [5.74, 6) is 0.107. The van der Waals surface area contributed by atoms with Gasteiger partial charge in [-0.1, -0.05) is 6.42 Å². The molecule has 0 saturated carbocycles. The highest BCUT2D eigenvalue weighted by Crippen LogP contribution is 2.38. The van der Waals surface area contributed by atoms with Gasteiger partial charge in [-0.25, -0.2) is 9.97 Å². The number of hydrogen-bond acceptors (Lipinski definition) is 6. The average molecular weight is 425 g/mol. The summed E-state index contributed by atoms with van der Waals surface area (Å²) in [4.78, 5) is 36.8. The highest BCUT2D eigenvalue weighted by Gasteiger charge is 2.20. The number of anilines is 1. The number of nitrogens with zero attached hydrogens (tertiary/aromatic N) is 3. The molecule has 8 heteroatoms. The molecule has 0 fully saturated rings. The Kier molecular flexibility index (Phi) is 5.94. The van der Waals surface area contributed by atoms with Crippen molar-refractivity contribution in [1.82, 2.24) is 14.9 Å². The molecule has 0 spiro atoms. The highest BCUT2D eigenvalue weighted by atomic mass is 32.1. The zero-order valence-electron chi connectivity index (χ0n) is 17.1. The van der Waals surface area contributed by atoms with Crippen molar-refractivity contribution < 1.29 is 14.3 Å². The maximum Gasteiger partial charge on any atom is 0.262 e. The Morgan fingerprint density at radius 1 is 1.10 bits per heavy atom. The van der Waals surface area contributed by atoms with Crippen molar-refractivity contribution in [2.45, 2.75) is 32.1 Å². The lowest BCUT2D eigenvalue weighted by Gasteiger charge is -2.11.